The summed E-state index contributed by atoms with van der Waals surface area (Å²) in [7, 11) is 3.31. The summed E-state index contributed by atoms with van der Waals surface area (Å²) in [6, 6.07) is 1.73. The minimum atomic E-state index is -1.08. The Labute approximate surface area is 85.2 Å². The van der Waals surface area contributed by atoms with Crippen molar-refractivity contribution in [3.05, 3.63) is 34.4 Å². The van der Waals surface area contributed by atoms with E-state index in [4.69, 9.17) is 5.11 Å². The number of aryl methyl sites for hydroxylation is 2. The van der Waals surface area contributed by atoms with Crippen LogP contribution in [0.25, 0.3) is 10.9 Å². The lowest BCUT2D eigenvalue weighted by Crippen LogP contribution is -2.17. The Bertz CT molecular complexity index is 607. The van der Waals surface area contributed by atoms with Gasteiger partial charge in [0.2, 0.25) is 0 Å². The molecule has 5 heteroatoms. The summed E-state index contributed by atoms with van der Waals surface area (Å²) in [5, 5.41) is 9.21. The second kappa shape index (κ2) is 2.98. The molecule has 0 spiro atoms. The van der Waals surface area contributed by atoms with Gasteiger partial charge in [0.05, 0.1) is 16.5 Å². The van der Waals surface area contributed by atoms with E-state index in [-0.39, 0.29) is 16.5 Å². The molecule has 0 amide bonds. The van der Waals surface area contributed by atoms with Crippen LogP contribution in [-0.4, -0.2) is 20.2 Å². The van der Waals surface area contributed by atoms with Crippen molar-refractivity contribution in [1.29, 1.82) is 0 Å². The van der Waals surface area contributed by atoms with E-state index in [1.54, 1.807) is 30.9 Å². The summed E-state index contributed by atoms with van der Waals surface area (Å²) in [6.07, 6.45) is 3.07. The number of aromatic carboxylic acids is 1. The highest BCUT2D eigenvalue weighted by atomic mass is 16.4. The molecule has 0 saturated carbocycles. The zero-order valence-electron chi connectivity index (χ0n) is 8.39. The van der Waals surface area contributed by atoms with E-state index in [9.17, 15) is 9.59 Å². The highest BCUT2D eigenvalue weighted by molar-refractivity contribution is 6.02. The molecule has 2 aromatic heterocycles. The highest BCUT2D eigenvalue weighted by Crippen LogP contribution is 2.16. The Hall–Kier alpha value is -2.04. The molecular weight excluding hydrogens is 196 g/mol. The van der Waals surface area contributed by atoms with Crippen LogP contribution >= 0.6 is 0 Å². The fourth-order valence-electron chi connectivity index (χ4n) is 1.66. The summed E-state index contributed by atoms with van der Waals surface area (Å²) in [6.45, 7) is 0. The van der Waals surface area contributed by atoms with Gasteiger partial charge in [-0.2, -0.15) is 0 Å². The average molecular weight is 206 g/mol. The molecule has 0 aliphatic carbocycles. The number of rotatable bonds is 1. The van der Waals surface area contributed by atoms with Crippen molar-refractivity contribution >= 4 is 16.9 Å². The van der Waals surface area contributed by atoms with E-state index < -0.39 is 5.97 Å². The zero-order valence-corrected chi connectivity index (χ0v) is 8.39. The number of carboxylic acid groups (broad SMARTS) is 1. The summed E-state index contributed by atoms with van der Waals surface area (Å²) in [4.78, 5) is 22.7. The van der Waals surface area contributed by atoms with Crippen LogP contribution in [0.4, 0.5) is 0 Å². The lowest BCUT2D eigenvalue weighted by molar-refractivity contribution is 0.0698. The molecule has 0 aliphatic heterocycles. The fourth-order valence-corrected chi connectivity index (χ4v) is 1.66. The van der Waals surface area contributed by atoms with Crippen LogP contribution in [0.1, 0.15) is 10.4 Å². The molecular formula is C10H10N2O3. The lowest BCUT2D eigenvalue weighted by atomic mass is 10.2. The third-order valence-corrected chi connectivity index (χ3v) is 2.45. The number of carbonyl (C=O) groups is 1. The van der Waals surface area contributed by atoms with Crippen LogP contribution in [0.2, 0.25) is 0 Å². The fraction of sp³-hybridized carbons (Fsp3) is 0.200. The van der Waals surface area contributed by atoms with E-state index >= 15 is 0 Å². The van der Waals surface area contributed by atoms with Crippen molar-refractivity contribution in [2.75, 3.05) is 0 Å². The second-order valence-corrected chi connectivity index (χ2v) is 3.45. The van der Waals surface area contributed by atoms with Crippen molar-refractivity contribution in [3.63, 3.8) is 0 Å². The van der Waals surface area contributed by atoms with E-state index in [1.807, 2.05) is 0 Å². The van der Waals surface area contributed by atoms with E-state index in [0.717, 1.165) is 0 Å². The Kier molecular flexibility index (Phi) is 1.89. The molecule has 0 aromatic carbocycles. The number of hydrogen-bond acceptors (Lipinski definition) is 2. The van der Waals surface area contributed by atoms with Crippen molar-refractivity contribution in [3.8, 4) is 0 Å². The molecule has 0 radical (unpaired) electrons. The molecule has 0 aliphatic rings. The third kappa shape index (κ3) is 1.24. The van der Waals surface area contributed by atoms with Gasteiger partial charge < -0.3 is 14.2 Å². The number of pyridine rings is 1. The topological polar surface area (TPSA) is 64.2 Å². The van der Waals surface area contributed by atoms with Crippen molar-refractivity contribution < 1.29 is 9.90 Å². The number of carboxylic acids is 1. The van der Waals surface area contributed by atoms with Gasteiger partial charge in [0, 0.05) is 26.5 Å². The minimum absolute atomic E-state index is 0.0497. The van der Waals surface area contributed by atoms with Crippen molar-refractivity contribution in [2.24, 2.45) is 14.1 Å². The molecule has 15 heavy (non-hydrogen) atoms. The van der Waals surface area contributed by atoms with Crippen LogP contribution < -0.4 is 5.56 Å². The van der Waals surface area contributed by atoms with E-state index in [0.29, 0.717) is 5.52 Å². The van der Waals surface area contributed by atoms with Crippen LogP contribution in [0.15, 0.2) is 23.3 Å². The van der Waals surface area contributed by atoms with Gasteiger partial charge in [0.1, 0.15) is 0 Å². The molecule has 0 atom stereocenters. The Balaban J connectivity index is 3.02. The second-order valence-electron chi connectivity index (χ2n) is 3.45. The lowest BCUT2D eigenvalue weighted by Gasteiger charge is -1.98. The van der Waals surface area contributed by atoms with E-state index in [2.05, 4.69) is 0 Å². The smallest absolute Gasteiger partial charge is 0.338 e. The Morgan fingerprint density at radius 3 is 2.60 bits per heavy atom. The first-order valence-electron chi connectivity index (χ1n) is 4.40. The van der Waals surface area contributed by atoms with Crippen molar-refractivity contribution in [1.82, 2.24) is 9.13 Å². The maximum atomic E-state index is 11.8. The quantitative estimate of drug-likeness (QED) is 0.742. The summed E-state index contributed by atoms with van der Waals surface area (Å²) < 4.78 is 3.01. The predicted octanol–water partition coefficient (Wildman–Crippen LogP) is 0.575. The summed E-state index contributed by atoms with van der Waals surface area (Å²) in [5.41, 5.74) is 0.398. The average Bonchev–Trinajstić information content (AvgIpc) is 2.50. The molecule has 5 nitrogen and oxygen atoms in total. The standard InChI is InChI=1S/C10H10N2O3/c1-11-4-3-7-8(9(11)13)6(10(14)15)5-12(7)2/h3-5H,1-2H3,(H,14,15). The zero-order chi connectivity index (χ0) is 11.2. The van der Waals surface area contributed by atoms with Gasteiger partial charge in [-0.05, 0) is 6.07 Å². The van der Waals surface area contributed by atoms with Gasteiger partial charge in [-0.25, -0.2) is 4.79 Å². The minimum Gasteiger partial charge on any atom is -0.478 e. The van der Waals surface area contributed by atoms with Gasteiger partial charge >= 0.3 is 5.97 Å². The summed E-state index contributed by atoms with van der Waals surface area (Å²) in [5.74, 6) is -1.08. The molecule has 2 aromatic rings. The maximum Gasteiger partial charge on any atom is 0.338 e. The molecule has 0 saturated heterocycles. The van der Waals surface area contributed by atoms with Gasteiger partial charge in [-0.1, -0.05) is 0 Å². The van der Waals surface area contributed by atoms with E-state index in [1.165, 1.54) is 10.8 Å². The maximum absolute atomic E-state index is 11.8. The SMILES string of the molecule is Cn1ccc2c(c(C(=O)O)cn2C)c1=O. The van der Waals surface area contributed by atoms with Crippen LogP contribution in [0.3, 0.4) is 0 Å². The third-order valence-electron chi connectivity index (χ3n) is 2.45. The predicted molar refractivity (Wildman–Crippen MR) is 55.1 cm³/mol. The number of nitrogens with zero attached hydrogens (tertiary/aromatic N) is 2. The molecule has 2 rings (SSSR count). The largest absolute Gasteiger partial charge is 0.478 e. The summed E-state index contributed by atoms with van der Waals surface area (Å²) >= 11 is 0. The Morgan fingerprint density at radius 2 is 2.00 bits per heavy atom. The molecule has 2 heterocycles. The van der Waals surface area contributed by atoms with Crippen LogP contribution in [0, 0.1) is 0 Å². The monoisotopic (exact) mass is 206 g/mol. The van der Waals surface area contributed by atoms with Crippen LogP contribution in [-0.2, 0) is 14.1 Å². The first kappa shape index (κ1) is 9.51. The molecule has 78 valence electrons. The van der Waals surface area contributed by atoms with Gasteiger partial charge in [0.15, 0.2) is 0 Å². The van der Waals surface area contributed by atoms with Gasteiger partial charge in [0.25, 0.3) is 5.56 Å². The number of hydrogen-bond donors (Lipinski definition) is 1. The van der Waals surface area contributed by atoms with Gasteiger partial charge in [-0.15, -0.1) is 0 Å². The molecule has 0 fully saturated rings. The highest BCUT2D eigenvalue weighted by Gasteiger charge is 2.15. The molecule has 0 unspecified atom stereocenters. The first-order chi connectivity index (χ1) is 7.02. The molecule has 0 bridgehead atoms. The number of aromatic nitrogens is 2. The Morgan fingerprint density at radius 1 is 1.33 bits per heavy atom. The normalized spacial score (nSPS) is 10.8. The van der Waals surface area contributed by atoms with Crippen LogP contribution in [0.5, 0.6) is 0 Å². The van der Waals surface area contributed by atoms with Gasteiger partial charge in [-0.3, -0.25) is 4.79 Å². The van der Waals surface area contributed by atoms with Crippen molar-refractivity contribution in [2.45, 2.75) is 0 Å². The first-order valence-corrected chi connectivity index (χ1v) is 4.40. The number of fused-ring (bicyclic) bond motifs is 1. The molecule has 1 N–H and O–H groups in total.